The number of halogens is 3. The second kappa shape index (κ2) is 4.37. The van der Waals surface area contributed by atoms with E-state index in [9.17, 15) is 21.1 Å². The van der Waals surface area contributed by atoms with Crippen molar-refractivity contribution in [3.63, 3.8) is 0 Å². The van der Waals surface area contributed by atoms with E-state index in [1.165, 1.54) is 0 Å². The molecule has 0 aliphatic carbocycles. The van der Waals surface area contributed by atoms with E-state index in [0.29, 0.717) is 0 Å². The van der Waals surface area contributed by atoms with Crippen LogP contribution < -0.4 is 10.5 Å². The molecule has 10 heteroatoms. The van der Waals surface area contributed by atoms with E-state index in [1.807, 2.05) is 9.39 Å². The zero-order chi connectivity index (χ0) is 11.8. The first-order valence-electron chi connectivity index (χ1n) is 3.53. The summed E-state index contributed by atoms with van der Waals surface area (Å²) in [5.41, 5.74) is -0.684. The van der Waals surface area contributed by atoms with Crippen molar-refractivity contribution in [1.82, 2.24) is 9.06 Å². The van der Waals surface area contributed by atoms with Gasteiger partial charge in [0.25, 0.3) is 0 Å². The van der Waals surface area contributed by atoms with E-state index in [4.69, 9.17) is 0 Å². The molecule has 0 fully saturated rings. The summed E-state index contributed by atoms with van der Waals surface area (Å²) in [6.07, 6.45) is 0. The van der Waals surface area contributed by atoms with Gasteiger partial charge in [-0.3, -0.25) is 5.09 Å². The summed E-state index contributed by atoms with van der Waals surface area (Å²) in [5, 5.41) is 2.42. The number of hydrogen-bond donors (Lipinski definition) is 1. The SMILES string of the molecule is O=S(=O)(F)n1c(F)c(F)c(CNP)c1P. The summed E-state index contributed by atoms with van der Waals surface area (Å²) in [6, 6.07) is 0. The van der Waals surface area contributed by atoms with Gasteiger partial charge in [-0.2, -0.15) is 16.8 Å². The van der Waals surface area contributed by atoms with Gasteiger partial charge in [0.2, 0.25) is 5.95 Å². The summed E-state index contributed by atoms with van der Waals surface area (Å²) in [7, 11) is -1.53. The van der Waals surface area contributed by atoms with Crippen LogP contribution in [0.1, 0.15) is 5.56 Å². The molecule has 15 heavy (non-hydrogen) atoms. The summed E-state index contributed by atoms with van der Waals surface area (Å²) in [4.78, 5) is 0. The maximum absolute atomic E-state index is 13.1. The molecule has 2 atom stereocenters. The predicted molar refractivity (Wildman–Crippen MR) is 55.7 cm³/mol. The van der Waals surface area contributed by atoms with Crippen molar-refractivity contribution in [2.24, 2.45) is 0 Å². The third kappa shape index (κ3) is 2.33. The summed E-state index contributed by atoms with van der Waals surface area (Å²) in [6.45, 7) is -0.144. The Morgan fingerprint density at radius 2 is 1.93 bits per heavy atom. The molecule has 0 saturated heterocycles. The van der Waals surface area contributed by atoms with Crippen molar-refractivity contribution in [2.75, 3.05) is 0 Å². The number of aromatic nitrogens is 1. The highest BCUT2D eigenvalue weighted by atomic mass is 32.3. The zero-order valence-corrected chi connectivity index (χ0v) is 10.3. The van der Waals surface area contributed by atoms with Crippen molar-refractivity contribution in [3.05, 3.63) is 17.3 Å². The van der Waals surface area contributed by atoms with Crippen LogP contribution in [0.2, 0.25) is 0 Å². The normalized spacial score (nSPS) is 12.1. The Morgan fingerprint density at radius 3 is 2.27 bits per heavy atom. The average Bonchev–Trinajstić information content (AvgIpc) is 2.29. The van der Waals surface area contributed by atoms with Crippen LogP contribution >= 0.6 is 18.6 Å². The van der Waals surface area contributed by atoms with Gasteiger partial charge in [-0.1, -0.05) is 22.5 Å². The molecule has 0 bridgehead atoms. The van der Waals surface area contributed by atoms with Crippen molar-refractivity contribution >= 4 is 34.5 Å². The fourth-order valence-electron chi connectivity index (χ4n) is 1.04. The molecule has 0 aliphatic rings. The van der Waals surface area contributed by atoms with Crippen LogP contribution in [-0.2, 0) is 17.0 Å². The van der Waals surface area contributed by atoms with Crippen LogP contribution in [0, 0.1) is 11.8 Å². The monoisotopic (exact) mass is 278 g/mol. The van der Waals surface area contributed by atoms with Crippen molar-refractivity contribution in [2.45, 2.75) is 6.54 Å². The van der Waals surface area contributed by atoms with Crippen LogP contribution in [0.15, 0.2) is 0 Å². The van der Waals surface area contributed by atoms with E-state index in [1.54, 1.807) is 9.24 Å². The molecular formula is C5H7F3N2O2P2S. The molecule has 0 aliphatic heterocycles. The summed E-state index contributed by atoms with van der Waals surface area (Å²) < 4.78 is 59.3. The van der Waals surface area contributed by atoms with Crippen LogP contribution in [0.3, 0.4) is 0 Å². The van der Waals surface area contributed by atoms with Crippen LogP contribution in [0.4, 0.5) is 12.7 Å². The summed E-state index contributed by atoms with van der Waals surface area (Å²) >= 11 is 0. The minimum atomic E-state index is -5.34. The van der Waals surface area contributed by atoms with Gasteiger partial charge in [0.15, 0.2) is 5.82 Å². The lowest BCUT2D eigenvalue weighted by Gasteiger charge is -2.00. The second-order valence-corrected chi connectivity index (χ2v) is 4.70. The molecule has 1 aromatic heterocycles. The smallest absolute Gasteiger partial charge is 0.296 e. The predicted octanol–water partition coefficient (Wildman–Crippen LogP) is 0.209. The molecule has 1 aromatic rings. The van der Waals surface area contributed by atoms with Crippen LogP contribution in [0.5, 0.6) is 0 Å². The number of nitrogens with zero attached hydrogens (tertiary/aromatic N) is 1. The number of rotatable bonds is 3. The standard InChI is InChI=1S/C5H7F3N2O2P2S/c6-3-2(1-9-14)5(13)10(4(3)7)15(8,11)12/h9H,1,13-14H2. The van der Waals surface area contributed by atoms with Gasteiger partial charge in [-0.05, 0) is 0 Å². The molecule has 86 valence electrons. The zero-order valence-electron chi connectivity index (χ0n) is 7.17. The van der Waals surface area contributed by atoms with Gasteiger partial charge >= 0.3 is 10.4 Å². The van der Waals surface area contributed by atoms with E-state index in [-0.39, 0.29) is 16.1 Å². The molecule has 0 spiro atoms. The minimum Gasteiger partial charge on any atom is -0.296 e. The van der Waals surface area contributed by atoms with Crippen LogP contribution in [-0.4, -0.2) is 12.4 Å². The van der Waals surface area contributed by atoms with Crippen molar-refractivity contribution in [3.8, 4) is 0 Å². The molecule has 0 radical (unpaired) electrons. The average molecular weight is 278 g/mol. The number of nitrogens with one attached hydrogen (secondary N) is 1. The fourth-order valence-corrected chi connectivity index (χ4v) is 2.58. The second-order valence-electron chi connectivity index (χ2n) is 2.56. The number of hydrogen-bond acceptors (Lipinski definition) is 3. The maximum atomic E-state index is 13.1. The minimum absolute atomic E-state index is 0.144. The van der Waals surface area contributed by atoms with Gasteiger partial charge in [-0.25, -0.2) is 4.39 Å². The maximum Gasteiger partial charge on any atom is 0.405 e. The third-order valence-electron chi connectivity index (χ3n) is 1.65. The summed E-state index contributed by atoms with van der Waals surface area (Å²) in [5.74, 6) is -3.16. The molecule has 1 heterocycles. The Kier molecular flexibility index (Phi) is 3.76. The van der Waals surface area contributed by atoms with E-state index in [2.05, 4.69) is 5.09 Å². The lowest BCUT2D eigenvalue weighted by Crippen LogP contribution is -2.20. The highest BCUT2D eigenvalue weighted by molar-refractivity contribution is 7.85. The Balaban J connectivity index is 3.50. The molecule has 0 saturated carbocycles. The Morgan fingerprint density at radius 1 is 1.40 bits per heavy atom. The van der Waals surface area contributed by atoms with Gasteiger partial charge in [0.05, 0.1) is 5.44 Å². The Hall–Kier alpha value is -0.160. The fraction of sp³-hybridized carbons (Fsp3) is 0.200. The Bertz CT molecular complexity index is 487. The molecule has 4 nitrogen and oxygen atoms in total. The van der Waals surface area contributed by atoms with Gasteiger partial charge in [0.1, 0.15) is 0 Å². The van der Waals surface area contributed by atoms with E-state index >= 15 is 0 Å². The van der Waals surface area contributed by atoms with Crippen molar-refractivity contribution < 1.29 is 21.1 Å². The molecule has 0 amide bonds. The first-order chi connectivity index (χ1) is 6.80. The largest absolute Gasteiger partial charge is 0.405 e. The topological polar surface area (TPSA) is 51.1 Å². The molecule has 2 unspecified atom stereocenters. The highest BCUT2D eigenvalue weighted by Crippen LogP contribution is 2.17. The first kappa shape index (κ1) is 12.9. The lowest BCUT2D eigenvalue weighted by molar-refractivity contribution is 0.463. The van der Waals surface area contributed by atoms with E-state index in [0.717, 1.165) is 0 Å². The Labute approximate surface area is 89.0 Å². The molecular weight excluding hydrogens is 271 g/mol. The first-order valence-corrected chi connectivity index (χ1v) is 6.02. The molecule has 1 N–H and O–H groups in total. The van der Waals surface area contributed by atoms with Gasteiger partial charge in [0, 0.05) is 12.1 Å². The quantitative estimate of drug-likeness (QED) is 0.635. The van der Waals surface area contributed by atoms with Gasteiger partial charge < -0.3 is 0 Å². The van der Waals surface area contributed by atoms with Crippen LogP contribution in [0.25, 0.3) is 0 Å². The lowest BCUT2D eigenvalue weighted by atomic mass is 10.3. The van der Waals surface area contributed by atoms with Gasteiger partial charge in [-0.15, -0.1) is 0 Å². The molecule has 1 rings (SSSR count). The van der Waals surface area contributed by atoms with Crippen molar-refractivity contribution in [1.29, 1.82) is 0 Å². The third-order valence-corrected chi connectivity index (χ3v) is 3.44. The highest BCUT2D eigenvalue weighted by Gasteiger charge is 2.27. The molecule has 0 aromatic carbocycles. The van der Waals surface area contributed by atoms with E-state index < -0.39 is 27.6 Å².